The number of benzene rings is 2. The Morgan fingerprint density at radius 2 is 1.90 bits per heavy atom. The third kappa shape index (κ3) is 4.90. The van der Waals surface area contributed by atoms with Crippen LogP contribution in [0.1, 0.15) is 24.0 Å². The van der Waals surface area contributed by atoms with Crippen LogP contribution in [0, 0.1) is 0 Å². The molecule has 1 aliphatic carbocycles. The minimum Gasteiger partial charge on any atom is -0.353 e. The Bertz CT molecular complexity index is 965. The van der Waals surface area contributed by atoms with Gasteiger partial charge in [-0.25, -0.2) is 9.67 Å². The minimum absolute atomic E-state index is 0.439. The molecule has 1 aliphatic rings. The van der Waals surface area contributed by atoms with Gasteiger partial charge in [0.25, 0.3) is 0 Å². The van der Waals surface area contributed by atoms with Gasteiger partial charge in [0, 0.05) is 19.6 Å². The quantitative estimate of drug-likeness (QED) is 0.387. The number of guanidine groups is 1. The van der Waals surface area contributed by atoms with Crippen molar-refractivity contribution in [3.05, 3.63) is 84.5 Å². The molecule has 0 aliphatic heterocycles. The predicted octanol–water partition coefficient (Wildman–Crippen LogP) is 3.38. The molecule has 4 rings (SSSR count). The van der Waals surface area contributed by atoms with E-state index in [1.54, 1.807) is 12.7 Å². The van der Waals surface area contributed by atoms with Gasteiger partial charge in [-0.05, 0) is 35.1 Å². The lowest BCUT2D eigenvalue weighted by atomic mass is 9.98. The van der Waals surface area contributed by atoms with Crippen LogP contribution in [0.3, 0.4) is 0 Å². The molecule has 0 saturated heterocycles. The average molecular weight is 387 g/mol. The maximum Gasteiger partial charge on any atom is 0.191 e. The summed E-state index contributed by atoms with van der Waals surface area (Å²) < 4.78 is 1.82. The summed E-state index contributed by atoms with van der Waals surface area (Å²) in [4.78, 5) is 8.36. The lowest BCUT2D eigenvalue weighted by molar-refractivity contribution is 0.633. The Balaban J connectivity index is 1.43. The van der Waals surface area contributed by atoms with Crippen molar-refractivity contribution in [1.29, 1.82) is 0 Å². The largest absolute Gasteiger partial charge is 0.353 e. The van der Waals surface area contributed by atoms with Crippen molar-refractivity contribution >= 4 is 5.96 Å². The molecule has 148 valence electrons. The van der Waals surface area contributed by atoms with Gasteiger partial charge in [0.15, 0.2) is 5.96 Å². The molecule has 6 heteroatoms. The van der Waals surface area contributed by atoms with Gasteiger partial charge in [-0.1, -0.05) is 60.7 Å². The number of rotatable bonds is 6. The molecule has 1 aromatic heterocycles. The molecule has 0 spiro atoms. The summed E-state index contributed by atoms with van der Waals surface area (Å²) >= 11 is 0. The molecule has 2 N–H and O–H groups in total. The number of nitrogens with zero attached hydrogens (tertiary/aromatic N) is 4. The van der Waals surface area contributed by atoms with Crippen molar-refractivity contribution in [3.63, 3.8) is 0 Å². The number of aliphatic imine (C=N–C) groups is 1. The molecule has 0 saturated carbocycles. The van der Waals surface area contributed by atoms with Gasteiger partial charge in [0.05, 0.1) is 6.54 Å². The summed E-state index contributed by atoms with van der Waals surface area (Å²) in [6.07, 6.45) is 9.83. The maximum absolute atomic E-state index is 4.37. The van der Waals surface area contributed by atoms with Crippen molar-refractivity contribution in [2.45, 2.75) is 32.0 Å². The second kappa shape index (κ2) is 9.19. The number of hydrogen-bond acceptors (Lipinski definition) is 3. The van der Waals surface area contributed by atoms with E-state index in [0.717, 1.165) is 31.9 Å². The van der Waals surface area contributed by atoms with Gasteiger partial charge in [-0.3, -0.25) is 4.99 Å². The highest BCUT2D eigenvalue weighted by Crippen LogP contribution is 2.24. The van der Waals surface area contributed by atoms with E-state index in [1.165, 1.54) is 22.3 Å². The SMILES string of the molecule is CN=C(NCc1ccccc1-c1ccc(Cn2cncn2)cc1)NC1CC=CC1. The van der Waals surface area contributed by atoms with Gasteiger partial charge in [0.2, 0.25) is 0 Å². The van der Waals surface area contributed by atoms with E-state index in [4.69, 9.17) is 0 Å². The molecule has 6 nitrogen and oxygen atoms in total. The highest BCUT2D eigenvalue weighted by molar-refractivity contribution is 5.80. The van der Waals surface area contributed by atoms with Gasteiger partial charge in [0.1, 0.15) is 12.7 Å². The second-order valence-electron chi connectivity index (χ2n) is 7.16. The van der Waals surface area contributed by atoms with Crippen molar-refractivity contribution < 1.29 is 0 Å². The van der Waals surface area contributed by atoms with Crippen LogP contribution in [0.2, 0.25) is 0 Å². The van der Waals surface area contributed by atoms with Crippen LogP contribution in [0.15, 0.2) is 78.3 Å². The highest BCUT2D eigenvalue weighted by atomic mass is 15.3. The summed E-state index contributed by atoms with van der Waals surface area (Å²) in [6, 6.07) is 17.6. The van der Waals surface area contributed by atoms with Crippen LogP contribution in [0.25, 0.3) is 11.1 Å². The Morgan fingerprint density at radius 3 is 2.62 bits per heavy atom. The third-order valence-corrected chi connectivity index (χ3v) is 5.11. The van der Waals surface area contributed by atoms with Crippen molar-refractivity contribution in [2.24, 2.45) is 4.99 Å². The van der Waals surface area contributed by atoms with E-state index < -0.39 is 0 Å². The molecule has 0 bridgehead atoms. The van der Waals surface area contributed by atoms with E-state index in [1.807, 2.05) is 11.7 Å². The fourth-order valence-corrected chi connectivity index (χ4v) is 3.55. The zero-order valence-electron chi connectivity index (χ0n) is 16.6. The summed E-state index contributed by atoms with van der Waals surface area (Å²) in [6.45, 7) is 1.44. The third-order valence-electron chi connectivity index (χ3n) is 5.11. The summed E-state index contributed by atoms with van der Waals surface area (Å²) in [5, 5.41) is 11.1. The summed E-state index contributed by atoms with van der Waals surface area (Å²) in [5.41, 5.74) is 4.87. The predicted molar refractivity (Wildman–Crippen MR) is 116 cm³/mol. The van der Waals surface area contributed by atoms with E-state index in [2.05, 4.69) is 86.4 Å². The maximum atomic E-state index is 4.37. The smallest absolute Gasteiger partial charge is 0.191 e. The number of nitrogens with one attached hydrogen (secondary N) is 2. The van der Waals surface area contributed by atoms with E-state index in [-0.39, 0.29) is 0 Å². The van der Waals surface area contributed by atoms with Crippen LogP contribution in [-0.2, 0) is 13.1 Å². The van der Waals surface area contributed by atoms with Crippen LogP contribution in [0.5, 0.6) is 0 Å². The average Bonchev–Trinajstić information content (AvgIpc) is 3.46. The topological polar surface area (TPSA) is 67.1 Å². The second-order valence-corrected chi connectivity index (χ2v) is 7.16. The molecule has 0 fully saturated rings. The molecule has 3 aromatic rings. The van der Waals surface area contributed by atoms with Crippen molar-refractivity contribution in [3.8, 4) is 11.1 Å². The lowest BCUT2D eigenvalue weighted by Gasteiger charge is -2.18. The first-order valence-corrected chi connectivity index (χ1v) is 9.93. The monoisotopic (exact) mass is 386 g/mol. The first-order valence-electron chi connectivity index (χ1n) is 9.93. The normalized spacial score (nSPS) is 14.3. The first-order chi connectivity index (χ1) is 14.3. The van der Waals surface area contributed by atoms with Crippen LogP contribution in [-0.4, -0.2) is 33.8 Å². The summed E-state index contributed by atoms with van der Waals surface area (Å²) in [7, 11) is 1.82. The van der Waals surface area contributed by atoms with E-state index >= 15 is 0 Å². The van der Waals surface area contributed by atoms with E-state index in [0.29, 0.717) is 6.04 Å². The van der Waals surface area contributed by atoms with Crippen molar-refractivity contribution in [1.82, 2.24) is 25.4 Å². The lowest BCUT2D eigenvalue weighted by Crippen LogP contribution is -2.42. The zero-order valence-corrected chi connectivity index (χ0v) is 16.6. The number of aromatic nitrogens is 3. The molecule has 0 radical (unpaired) electrons. The highest BCUT2D eigenvalue weighted by Gasteiger charge is 2.12. The Hall–Kier alpha value is -3.41. The van der Waals surface area contributed by atoms with Gasteiger partial charge >= 0.3 is 0 Å². The molecule has 29 heavy (non-hydrogen) atoms. The van der Waals surface area contributed by atoms with Crippen LogP contribution in [0.4, 0.5) is 0 Å². The minimum atomic E-state index is 0.439. The van der Waals surface area contributed by atoms with E-state index in [9.17, 15) is 0 Å². The Kier molecular flexibility index (Phi) is 6.00. The fraction of sp³-hybridized carbons (Fsp3) is 0.261. The molecule has 1 heterocycles. The van der Waals surface area contributed by atoms with Crippen molar-refractivity contribution in [2.75, 3.05) is 7.05 Å². The van der Waals surface area contributed by atoms with Crippen LogP contribution >= 0.6 is 0 Å². The Morgan fingerprint density at radius 1 is 1.10 bits per heavy atom. The molecule has 0 unspecified atom stereocenters. The van der Waals surface area contributed by atoms with Gasteiger partial charge in [-0.15, -0.1) is 0 Å². The summed E-state index contributed by atoms with van der Waals surface area (Å²) in [5.74, 6) is 0.844. The molecule has 0 atom stereocenters. The molecule has 2 aromatic carbocycles. The van der Waals surface area contributed by atoms with Crippen LogP contribution < -0.4 is 10.6 Å². The molecular weight excluding hydrogens is 360 g/mol. The number of hydrogen-bond donors (Lipinski definition) is 2. The van der Waals surface area contributed by atoms with Gasteiger partial charge < -0.3 is 10.6 Å². The first kappa shape index (κ1) is 18.9. The zero-order chi connectivity index (χ0) is 19.9. The fourth-order valence-electron chi connectivity index (χ4n) is 3.55. The molecule has 0 amide bonds. The standard InChI is InChI=1S/C23H26N6/c1-24-23(28-21-7-3-4-8-21)26-14-20-6-2-5-9-22(20)19-12-10-18(11-13-19)15-29-17-25-16-27-29/h2-6,9-13,16-17,21H,7-8,14-15H2,1H3,(H2,24,26,28). The Labute approximate surface area is 171 Å². The molecular formula is C23H26N6. The van der Waals surface area contributed by atoms with Gasteiger partial charge in [-0.2, -0.15) is 5.10 Å².